The standard InChI is InChI=1S/C25H22ClN5O4S/c1-17-21(24(26)31(29-17)19-10-4-3-5-11-19)16-27-28-25(32)18-9-8-12-20(15-18)36(33,34)30-22-13-6-7-14-23(22)35-2/h3-16,30H,1-2H3,(H,28,32). The number of para-hydroxylation sites is 3. The Morgan fingerprint density at radius 1 is 1.06 bits per heavy atom. The lowest BCUT2D eigenvalue weighted by atomic mass is 10.2. The van der Waals surface area contributed by atoms with Crippen molar-refractivity contribution in [1.29, 1.82) is 0 Å². The number of nitrogens with one attached hydrogen (secondary N) is 2. The number of aryl methyl sites for hydroxylation is 1. The highest BCUT2D eigenvalue weighted by Gasteiger charge is 2.18. The Morgan fingerprint density at radius 2 is 1.78 bits per heavy atom. The molecule has 1 heterocycles. The maximum Gasteiger partial charge on any atom is 0.271 e. The largest absolute Gasteiger partial charge is 0.495 e. The number of carbonyl (C=O) groups is 1. The molecule has 0 bridgehead atoms. The molecule has 0 fully saturated rings. The third kappa shape index (κ3) is 5.40. The summed E-state index contributed by atoms with van der Waals surface area (Å²) in [5.74, 6) is -0.223. The Labute approximate surface area is 213 Å². The van der Waals surface area contributed by atoms with Gasteiger partial charge in [0.2, 0.25) is 0 Å². The Kier molecular flexibility index (Phi) is 7.37. The van der Waals surface area contributed by atoms with Crippen molar-refractivity contribution in [2.75, 3.05) is 11.8 Å². The summed E-state index contributed by atoms with van der Waals surface area (Å²) in [5, 5.41) is 8.74. The monoisotopic (exact) mass is 523 g/mol. The van der Waals surface area contributed by atoms with Crippen LogP contribution in [0.3, 0.4) is 0 Å². The van der Waals surface area contributed by atoms with Gasteiger partial charge in [0.25, 0.3) is 15.9 Å². The highest BCUT2D eigenvalue weighted by molar-refractivity contribution is 7.92. The molecule has 4 aromatic rings. The molecule has 2 N–H and O–H groups in total. The number of anilines is 1. The predicted octanol–water partition coefficient (Wildman–Crippen LogP) is 4.41. The van der Waals surface area contributed by atoms with Gasteiger partial charge in [0.15, 0.2) is 0 Å². The van der Waals surface area contributed by atoms with Gasteiger partial charge in [0, 0.05) is 5.56 Å². The third-order valence-corrected chi connectivity index (χ3v) is 6.89. The number of nitrogens with zero attached hydrogens (tertiary/aromatic N) is 3. The average molecular weight is 524 g/mol. The van der Waals surface area contributed by atoms with E-state index < -0.39 is 15.9 Å². The number of benzene rings is 3. The van der Waals surface area contributed by atoms with E-state index in [1.807, 2.05) is 30.3 Å². The van der Waals surface area contributed by atoms with Gasteiger partial charge in [-0.15, -0.1) is 0 Å². The van der Waals surface area contributed by atoms with E-state index in [9.17, 15) is 13.2 Å². The first kappa shape index (κ1) is 25.0. The van der Waals surface area contributed by atoms with Gasteiger partial charge in [-0.2, -0.15) is 10.2 Å². The SMILES string of the molecule is COc1ccccc1NS(=O)(=O)c1cccc(C(=O)NN=Cc2c(C)nn(-c3ccccc3)c2Cl)c1. The molecule has 3 aromatic carbocycles. The molecule has 36 heavy (non-hydrogen) atoms. The molecular weight excluding hydrogens is 502 g/mol. The number of amides is 1. The van der Waals surface area contributed by atoms with E-state index in [2.05, 4.69) is 20.3 Å². The van der Waals surface area contributed by atoms with Crippen LogP contribution < -0.4 is 14.9 Å². The molecule has 184 valence electrons. The van der Waals surface area contributed by atoms with E-state index in [4.69, 9.17) is 16.3 Å². The number of halogens is 1. The zero-order valence-corrected chi connectivity index (χ0v) is 20.9. The van der Waals surface area contributed by atoms with Crippen molar-refractivity contribution in [3.63, 3.8) is 0 Å². The molecule has 0 unspecified atom stereocenters. The second-order valence-corrected chi connectivity index (χ2v) is 9.61. The summed E-state index contributed by atoms with van der Waals surface area (Å²) < 4.78 is 35.0. The summed E-state index contributed by atoms with van der Waals surface area (Å²) in [5.41, 5.74) is 4.74. The second kappa shape index (κ2) is 10.6. The van der Waals surface area contributed by atoms with Crippen LogP contribution >= 0.6 is 11.6 Å². The van der Waals surface area contributed by atoms with Gasteiger partial charge in [-0.05, 0) is 49.4 Å². The molecular formula is C25H22ClN5O4S. The quantitative estimate of drug-likeness (QED) is 0.262. The Hall–Kier alpha value is -4.15. The van der Waals surface area contributed by atoms with E-state index in [1.54, 1.807) is 35.9 Å². The van der Waals surface area contributed by atoms with E-state index in [-0.39, 0.29) is 16.1 Å². The third-order valence-electron chi connectivity index (χ3n) is 5.17. The molecule has 0 spiro atoms. The summed E-state index contributed by atoms with van der Waals surface area (Å²) in [6.45, 7) is 1.78. The average Bonchev–Trinajstić information content (AvgIpc) is 3.17. The molecule has 0 atom stereocenters. The Balaban J connectivity index is 1.50. The van der Waals surface area contributed by atoms with Crippen molar-refractivity contribution in [2.24, 2.45) is 5.10 Å². The van der Waals surface area contributed by atoms with E-state index in [0.29, 0.717) is 22.2 Å². The molecule has 0 aliphatic carbocycles. The molecule has 0 radical (unpaired) electrons. The van der Waals surface area contributed by atoms with Crippen molar-refractivity contribution in [1.82, 2.24) is 15.2 Å². The topological polar surface area (TPSA) is 115 Å². The van der Waals surface area contributed by atoms with Crippen LogP contribution in [0.15, 0.2) is 88.9 Å². The van der Waals surface area contributed by atoms with Crippen LogP contribution in [0.5, 0.6) is 5.75 Å². The molecule has 1 aromatic heterocycles. The van der Waals surface area contributed by atoms with Crippen molar-refractivity contribution >= 4 is 39.4 Å². The molecule has 0 aliphatic rings. The fraction of sp³-hybridized carbons (Fsp3) is 0.0800. The lowest BCUT2D eigenvalue weighted by Crippen LogP contribution is -2.19. The fourth-order valence-corrected chi connectivity index (χ4v) is 4.79. The Bertz CT molecular complexity index is 1540. The first-order valence-corrected chi connectivity index (χ1v) is 12.6. The van der Waals surface area contributed by atoms with Gasteiger partial charge in [0.1, 0.15) is 10.9 Å². The normalized spacial score (nSPS) is 11.4. The zero-order valence-electron chi connectivity index (χ0n) is 19.3. The minimum atomic E-state index is -3.98. The van der Waals surface area contributed by atoms with E-state index in [1.165, 1.54) is 37.6 Å². The number of aromatic nitrogens is 2. The van der Waals surface area contributed by atoms with Gasteiger partial charge < -0.3 is 4.74 Å². The van der Waals surface area contributed by atoms with Crippen LogP contribution in [0.2, 0.25) is 5.15 Å². The summed E-state index contributed by atoms with van der Waals surface area (Å²) in [4.78, 5) is 12.6. The zero-order chi connectivity index (χ0) is 25.7. The lowest BCUT2D eigenvalue weighted by molar-refractivity contribution is 0.0955. The number of hydrazone groups is 1. The molecule has 0 saturated heterocycles. The maximum absolute atomic E-state index is 12.9. The smallest absolute Gasteiger partial charge is 0.271 e. The minimum absolute atomic E-state index is 0.0898. The summed E-state index contributed by atoms with van der Waals surface area (Å²) in [6.07, 6.45) is 1.39. The highest BCUT2D eigenvalue weighted by atomic mass is 35.5. The van der Waals surface area contributed by atoms with Gasteiger partial charge in [-0.25, -0.2) is 18.5 Å². The first-order valence-electron chi connectivity index (χ1n) is 10.7. The first-order chi connectivity index (χ1) is 17.3. The van der Waals surface area contributed by atoms with Gasteiger partial charge in [-0.3, -0.25) is 9.52 Å². The number of ether oxygens (including phenoxy) is 1. The van der Waals surface area contributed by atoms with Crippen molar-refractivity contribution in [2.45, 2.75) is 11.8 Å². The van der Waals surface area contributed by atoms with Crippen LogP contribution in [-0.2, 0) is 10.0 Å². The van der Waals surface area contributed by atoms with Crippen molar-refractivity contribution < 1.29 is 17.9 Å². The summed E-state index contributed by atoms with van der Waals surface area (Å²) in [7, 11) is -2.53. The molecule has 11 heteroatoms. The summed E-state index contributed by atoms with van der Waals surface area (Å²) >= 11 is 6.47. The van der Waals surface area contributed by atoms with Gasteiger partial charge in [0.05, 0.1) is 40.9 Å². The predicted molar refractivity (Wildman–Crippen MR) is 139 cm³/mol. The van der Waals surface area contributed by atoms with E-state index >= 15 is 0 Å². The maximum atomic E-state index is 12.9. The van der Waals surface area contributed by atoms with Gasteiger partial charge in [-0.1, -0.05) is 48.0 Å². The second-order valence-electron chi connectivity index (χ2n) is 7.57. The molecule has 4 rings (SSSR count). The number of methoxy groups -OCH3 is 1. The van der Waals surface area contributed by atoms with Gasteiger partial charge >= 0.3 is 0 Å². The summed E-state index contributed by atoms with van der Waals surface area (Å²) in [6, 6.07) is 21.6. The molecule has 1 amide bonds. The number of hydrogen-bond donors (Lipinski definition) is 2. The highest BCUT2D eigenvalue weighted by Crippen LogP contribution is 2.26. The number of sulfonamides is 1. The van der Waals surface area contributed by atoms with Crippen LogP contribution in [0.1, 0.15) is 21.6 Å². The van der Waals surface area contributed by atoms with Crippen LogP contribution in [0.4, 0.5) is 5.69 Å². The lowest BCUT2D eigenvalue weighted by Gasteiger charge is -2.12. The van der Waals surface area contributed by atoms with Crippen LogP contribution in [0.25, 0.3) is 5.69 Å². The van der Waals surface area contributed by atoms with Crippen molar-refractivity contribution in [3.8, 4) is 11.4 Å². The number of hydrogen-bond acceptors (Lipinski definition) is 6. The number of carbonyl (C=O) groups excluding carboxylic acids is 1. The number of rotatable bonds is 8. The molecule has 0 aliphatic heterocycles. The molecule has 9 nitrogen and oxygen atoms in total. The Morgan fingerprint density at radius 3 is 2.53 bits per heavy atom. The minimum Gasteiger partial charge on any atom is -0.495 e. The van der Waals surface area contributed by atoms with Crippen LogP contribution in [0, 0.1) is 6.92 Å². The fourth-order valence-electron chi connectivity index (χ4n) is 3.36. The van der Waals surface area contributed by atoms with Crippen LogP contribution in [-0.4, -0.2) is 37.4 Å². The van der Waals surface area contributed by atoms with E-state index in [0.717, 1.165) is 5.69 Å². The van der Waals surface area contributed by atoms with Crippen molar-refractivity contribution in [3.05, 3.63) is 101 Å². The molecule has 0 saturated carbocycles.